The molecule has 0 radical (unpaired) electrons. The van der Waals surface area contributed by atoms with Crippen molar-refractivity contribution in [3.63, 3.8) is 0 Å². The second kappa shape index (κ2) is 8.73. The van der Waals surface area contributed by atoms with E-state index in [2.05, 4.69) is 4.90 Å². The first-order chi connectivity index (χ1) is 13.6. The average Bonchev–Trinajstić information content (AvgIpc) is 2.61. The van der Waals surface area contributed by atoms with Gasteiger partial charge in [-0.25, -0.2) is 13.6 Å². The Kier molecular flexibility index (Phi) is 6.51. The molecule has 29 heavy (non-hydrogen) atoms. The summed E-state index contributed by atoms with van der Waals surface area (Å²) >= 11 is 0. The lowest BCUT2D eigenvalue weighted by molar-refractivity contribution is 0.0130. The van der Waals surface area contributed by atoms with Gasteiger partial charge in [0, 0.05) is 51.5 Å². The lowest BCUT2D eigenvalue weighted by Crippen LogP contribution is -2.51. The van der Waals surface area contributed by atoms with Crippen LogP contribution in [0, 0.1) is 17.6 Å². The molecule has 0 bridgehead atoms. The highest BCUT2D eigenvalue weighted by Crippen LogP contribution is 2.30. The molecule has 0 atom stereocenters. The van der Waals surface area contributed by atoms with Crippen LogP contribution in [-0.2, 0) is 4.74 Å². The predicted octanol–water partition coefficient (Wildman–Crippen LogP) is 3.32. The molecule has 0 aliphatic carbocycles. The number of rotatable bonds is 3. The van der Waals surface area contributed by atoms with E-state index in [9.17, 15) is 13.6 Å². The number of anilines is 2. The molecule has 1 aromatic carbocycles. The Morgan fingerprint density at radius 2 is 1.62 bits per heavy atom. The molecule has 0 spiro atoms. The van der Waals surface area contributed by atoms with E-state index >= 15 is 0 Å². The van der Waals surface area contributed by atoms with Crippen LogP contribution < -0.4 is 10.6 Å². The Morgan fingerprint density at radius 1 is 1.07 bits per heavy atom. The zero-order chi connectivity index (χ0) is 21.2. The molecule has 2 saturated heterocycles. The zero-order valence-electron chi connectivity index (χ0n) is 17.6. The summed E-state index contributed by atoms with van der Waals surface area (Å²) in [4.78, 5) is 18.1. The fourth-order valence-electron chi connectivity index (χ4n) is 4.03. The Morgan fingerprint density at radius 3 is 2.14 bits per heavy atom. The summed E-state index contributed by atoms with van der Waals surface area (Å²) < 4.78 is 33.8. The molecule has 8 heteroatoms. The minimum absolute atomic E-state index is 0.0311. The summed E-state index contributed by atoms with van der Waals surface area (Å²) in [6, 6.07) is 2.35. The van der Waals surface area contributed by atoms with Crippen molar-refractivity contribution in [2.24, 2.45) is 5.92 Å². The number of piperazine rings is 1. The first-order valence-corrected chi connectivity index (χ1v) is 10.3. The Hall–Kier alpha value is -2.09. The van der Waals surface area contributed by atoms with Crippen LogP contribution >= 0.6 is 0 Å². The van der Waals surface area contributed by atoms with E-state index in [1.165, 1.54) is 12.1 Å². The summed E-state index contributed by atoms with van der Waals surface area (Å²) in [6.45, 7) is 10.8. The first-order valence-electron chi connectivity index (χ1n) is 10.3. The number of ether oxygens (including phenoxy) is 1. The molecule has 1 amide bonds. The number of hydrogen-bond acceptors (Lipinski definition) is 5. The minimum atomic E-state index is -0.598. The highest BCUT2D eigenvalue weighted by Gasteiger charge is 2.29. The zero-order valence-corrected chi connectivity index (χ0v) is 17.6. The maximum absolute atomic E-state index is 14.2. The Balaban J connectivity index is 1.45. The molecule has 3 rings (SSSR count). The van der Waals surface area contributed by atoms with E-state index in [1.807, 2.05) is 20.8 Å². The van der Waals surface area contributed by atoms with E-state index in [1.54, 1.807) is 9.80 Å². The van der Waals surface area contributed by atoms with Gasteiger partial charge in [-0.05, 0) is 51.7 Å². The van der Waals surface area contributed by atoms with Gasteiger partial charge in [-0.1, -0.05) is 0 Å². The van der Waals surface area contributed by atoms with Gasteiger partial charge in [0.05, 0.1) is 0 Å². The second-order valence-corrected chi connectivity index (χ2v) is 9.03. The molecule has 0 aromatic heterocycles. The van der Waals surface area contributed by atoms with Crippen molar-refractivity contribution < 1.29 is 18.3 Å². The maximum Gasteiger partial charge on any atom is 0.410 e. The summed E-state index contributed by atoms with van der Waals surface area (Å²) in [5.74, 6) is -0.710. The van der Waals surface area contributed by atoms with Crippen molar-refractivity contribution in [3.8, 4) is 0 Å². The molecule has 0 unspecified atom stereocenters. The smallest absolute Gasteiger partial charge is 0.410 e. The Bertz CT molecular complexity index is 699. The standard InChI is InChI=1S/C21H32F2N4O2/c1-21(2,3)29-20(28)27-10-8-25(9-11-27)14-15-4-6-26(7-5-15)19-17(22)12-16(24)13-18(19)23/h12-13,15H,4-11,14,24H2,1-3H3. The summed E-state index contributed by atoms with van der Waals surface area (Å²) in [7, 11) is 0. The van der Waals surface area contributed by atoms with Gasteiger partial charge in [0.15, 0.2) is 11.6 Å². The molecular formula is C21H32F2N4O2. The molecule has 0 saturated carbocycles. The summed E-state index contributed by atoms with van der Waals surface area (Å²) in [5.41, 5.74) is 5.16. The van der Waals surface area contributed by atoms with Crippen molar-refractivity contribution >= 4 is 17.5 Å². The van der Waals surface area contributed by atoms with Crippen molar-refractivity contribution in [3.05, 3.63) is 23.8 Å². The van der Waals surface area contributed by atoms with Crippen LogP contribution in [-0.4, -0.2) is 67.3 Å². The SMILES string of the molecule is CC(C)(C)OC(=O)N1CCN(CC2CCN(c3c(F)cc(N)cc3F)CC2)CC1. The highest BCUT2D eigenvalue weighted by molar-refractivity contribution is 5.68. The molecule has 2 fully saturated rings. The van der Waals surface area contributed by atoms with Crippen LogP contribution in [0.4, 0.5) is 25.0 Å². The minimum Gasteiger partial charge on any atom is -0.444 e. The lowest BCUT2D eigenvalue weighted by atomic mass is 9.95. The van der Waals surface area contributed by atoms with Gasteiger partial charge in [0.2, 0.25) is 0 Å². The number of nitrogens with zero attached hydrogens (tertiary/aromatic N) is 3. The normalized spacial score (nSPS) is 19.5. The van der Waals surface area contributed by atoms with E-state index in [4.69, 9.17) is 10.5 Å². The van der Waals surface area contributed by atoms with Gasteiger partial charge < -0.3 is 20.3 Å². The molecule has 2 aliphatic rings. The van der Waals surface area contributed by atoms with Gasteiger partial charge >= 0.3 is 6.09 Å². The highest BCUT2D eigenvalue weighted by atomic mass is 19.1. The van der Waals surface area contributed by atoms with Crippen LogP contribution in [0.3, 0.4) is 0 Å². The molecular weight excluding hydrogens is 378 g/mol. The third kappa shape index (κ3) is 5.72. The quantitative estimate of drug-likeness (QED) is 0.775. The molecule has 6 nitrogen and oxygen atoms in total. The average molecular weight is 411 g/mol. The van der Waals surface area contributed by atoms with Crippen molar-refractivity contribution in [1.29, 1.82) is 0 Å². The maximum atomic E-state index is 14.2. The van der Waals surface area contributed by atoms with E-state index in [-0.39, 0.29) is 17.5 Å². The Labute approximate surface area is 171 Å². The predicted molar refractivity (Wildman–Crippen MR) is 110 cm³/mol. The molecule has 2 heterocycles. The number of piperidine rings is 1. The number of halogens is 2. The van der Waals surface area contributed by atoms with Crippen molar-refractivity contribution in [1.82, 2.24) is 9.80 Å². The number of hydrogen-bond donors (Lipinski definition) is 1. The second-order valence-electron chi connectivity index (χ2n) is 9.03. The van der Waals surface area contributed by atoms with Crippen molar-refractivity contribution in [2.45, 2.75) is 39.2 Å². The third-order valence-electron chi connectivity index (χ3n) is 5.51. The van der Waals surface area contributed by atoms with E-state index in [0.717, 1.165) is 32.5 Å². The van der Waals surface area contributed by atoms with Crippen LogP contribution in [0.25, 0.3) is 0 Å². The van der Waals surface area contributed by atoms with E-state index in [0.29, 0.717) is 32.1 Å². The third-order valence-corrected chi connectivity index (χ3v) is 5.51. The van der Waals surface area contributed by atoms with Crippen LogP contribution in [0.15, 0.2) is 12.1 Å². The molecule has 2 N–H and O–H groups in total. The number of carbonyl (C=O) groups is 1. The summed E-state index contributed by atoms with van der Waals surface area (Å²) in [6.07, 6.45) is 1.52. The number of nitrogens with two attached hydrogens (primary N) is 1. The molecule has 2 aliphatic heterocycles. The number of benzene rings is 1. The van der Waals surface area contributed by atoms with Gasteiger partial charge in [0.1, 0.15) is 11.3 Å². The number of amides is 1. The molecule has 162 valence electrons. The summed E-state index contributed by atoms with van der Waals surface area (Å²) in [5, 5.41) is 0. The monoisotopic (exact) mass is 410 g/mol. The topological polar surface area (TPSA) is 62.0 Å². The first kappa shape index (κ1) is 21.6. The fourth-order valence-corrected chi connectivity index (χ4v) is 4.03. The lowest BCUT2D eigenvalue weighted by Gasteiger charge is -2.39. The number of nitrogen functional groups attached to an aromatic ring is 1. The number of carbonyl (C=O) groups excluding carboxylic acids is 1. The fraction of sp³-hybridized carbons (Fsp3) is 0.667. The largest absolute Gasteiger partial charge is 0.444 e. The van der Waals surface area contributed by atoms with E-state index < -0.39 is 17.2 Å². The van der Waals surface area contributed by atoms with Crippen LogP contribution in [0.2, 0.25) is 0 Å². The van der Waals surface area contributed by atoms with Gasteiger partial charge in [-0.2, -0.15) is 0 Å². The van der Waals surface area contributed by atoms with Gasteiger partial charge in [0.25, 0.3) is 0 Å². The molecule has 1 aromatic rings. The van der Waals surface area contributed by atoms with Crippen LogP contribution in [0.1, 0.15) is 33.6 Å². The van der Waals surface area contributed by atoms with Crippen molar-refractivity contribution in [2.75, 3.05) is 56.4 Å². The van der Waals surface area contributed by atoms with Gasteiger partial charge in [-0.15, -0.1) is 0 Å². The van der Waals surface area contributed by atoms with Gasteiger partial charge in [-0.3, -0.25) is 4.90 Å². The van der Waals surface area contributed by atoms with Crippen LogP contribution in [0.5, 0.6) is 0 Å².